The molecular formula is C23H34O2. The van der Waals surface area contributed by atoms with E-state index in [4.69, 9.17) is 5.11 Å². The molecule has 0 unspecified atom stereocenters. The van der Waals surface area contributed by atoms with Crippen LogP contribution in [0.25, 0.3) is 0 Å². The lowest BCUT2D eigenvalue weighted by molar-refractivity contribution is -0.136. The van der Waals surface area contributed by atoms with Crippen LogP contribution in [0.15, 0.2) is 72.9 Å². The predicted molar refractivity (Wildman–Crippen MR) is 110 cm³/mol. The van der Waals surface area contributed by atoms with Crippen LogP contribution in [0, 0.1) is 5.92 Å². The Bertz CT molecular complexity index is 490. The van der Waals surface area contributed by atoms with E-state index in [2.05, 4.69) is 74.6 Å². The third kappa shape index (κ3) is 19.9. The van der Waals surface area contributed by atoms with E-state index in [-0.39, 0.29) is 6.42 Å². The number of carboxylic acid groups (broad SMARTS) is 1. The first-order valence-corrected chi connectivity index (χ1v) is 9.31. The van der Waals surface area contributed by atoms with Gasteiger partial charge in [0.25, 0.3) is 0 Å². The molecule has 0 aromatic heterocycles. The van der Waals surface area contributed by atoms with Crippen LogP contribution in [0.3, 0.4) is 0 Å². The van der Waals surface area contributed by atoms with Crippen molar-refractivity contribution in [2.75, 3.05) is 0 Å². The SMILES string of the molecule is CC/C=C\C/C=C\[C@@H](C)/C=C\C/C=C\C/C=C\C/C=C\CCC(=O)O. The summed E-state index contributed by atoms with van der Waals surface area (Å²) in [6.45, 7) is 4.35. The lowest BCUT2D eigenvalue weighted by atomic mass is 10.1. The van der Waals surface area contributed by atoms with Crippen molar-refractivity contribution in [3.05, 3.63) is 72.9 Å². The molecule has 0 aromatic rings. The van der Waals surface area contributed by atoms with Gasteiger partial charge in [-0.15, -0.1) is 0 Å². The molecule has 138 valence electrons. The van der Waals surface area contributed by atoms with Crippen molar-refractivity contribution in [1.29, 1.82) is 0 Å². The van der Waals surface area contributed by atoms with Crippen molar-refractivity contribution in [1.82, 2.24) is 0 Å². The van der Waals surface area contributed by atoms with E-state index in [0.29, 0.717) is 12.3 Å². The number of hydrogen-bond donors (Lipinski definition) is 1. The zero-order valence-corrected chi connectivity index (χ0v) is 15.8. The third-order valence-corrected chi connectivity index (χ3v) is 3.40. The summed E-state index contributed by atoms with van der Waals surface area (Å²) in [5, 5.41) is 8.51. The van der Waals surface area contributed by atoms with Crippen molar-refractivity contribution in [3.63, 3.8) is 0 Å². The van der Waals surface area contributed by atoms with Crippen molar-refractivity contribution in [3.8, 4) is 0 Å². The largest absolute Gasteiger partial charge is 0.481 e. The highest BCUT2D eigenvalue weighted by molar-refractivity contribution is 5.66. The monoisotopic (exact) mass is 342 g/mol. The standard InChI is InChI=1S/C23H34O2/c1-3-4-5-13-16-19-22(2)20-17-14-11-9-7-6-8-10-12-15-18-21-23(24)25/h4-6,8-9,11-12,15-17,19-20,22H,3,7,10,13-14,18,21H2,1-2H3,(H,24,25)/b5-4-,8-6-,11-9-,15-12-,19-16-,20-17-/t22-/m1/s1. The summed E-state index contributed by atoms with van der Waals surface area (Å²) >= 11 is 0. The Kier molecular flexibility index (Phi) is 16.7. The molecule has 2 nitrogen and oxygen atoms in total. The molecule has 1 N–H and O–H groups in total. The van der Waals surface area contributed by atoms with Crippen LogP contribution >= 0.6 is 0 Å². The Morgan fingerprint density at radius 1 is 0.760 bits per heavy atom. The van der Waals surface area contributed by atoms with Gasteiger partial charge in [-0.1, -0.05) is 86.8 Å². The van der Waals surface area contributed by atoms with Gasteiger partial charge in [0, 0.05) is 6.42 Å². The zero-order valence-electron chi connectivity index (χ0n) is 15.8. The molecule has 0 radical (unpaired) electrons. The lowest BCUT2D eigenvalue weighted by Gasteiger charge is -1.96. The zero-order chi connectivity index (χ0) is 18.6. The Morgan fingerprint density at radius 3 is 1.68 bits per heavy atom. The molecule has 0 aliphatic heterocycles. The maximum absolute atomic E-state index is 10.3. The minimum Gasteiger partial charge on any atom is -0.481 e. The molecule has 0 aromatic carbocycles. The number of allylic oxidation sites excluding steroid dienone is 12. The molecule has 0 bridgehead atoms. The fraction of sp³-hybridized carbons (Fsp3) is 0.435. The van der Waals surface area contributed by atoms with E-state index in [1.807, 2.05) is 12.2 Å². The number of rotatable bonds is 14. The Balaban J connectivity index is 3.68. The Hall–Kier alpha value is -2.09. The van der Waals surface area contributed by atoms with Gasteiger partial charge in [0.1, 0.15) is 0 Å². The second-order valence-corrected chi connectivity index (χ2v) is 5.88. The molecule has 2 heteroatoms. The molecule has 0 fully saturated rings. The van der Waals surface area contributed by atoms with Crippen LogP contribution in [-0.4, -0.2) is 11.1 Å². The smallest absolute Gasteiger partial charge is 0.303 e. The number of aliphatic carboxylic acids is 1. The van der Waals surface area contributed by atoms with Gasteiger partial charge in [-0.3, -0.25) is 4.79 Å². The second kappa shape index (κ2) is 18.3. The molecule has 0 aliphatic rings. The van der Waals surface area contributed by atoms with Crippen LogP contribution in [0.5, 0.6) is 0 Å². The second-order valence-electron chi connectivity index (χ2n) is 5.88. The van der Waals surface area contributed by atoms with Crippen LogP contribution in [0.4, 0.5) is 0 Å². The maximum atomic E-state index is 10.3. The maximum Gasteiger partial charge on any atom is 0.303 e. The van der Waals surface area contributed by atoms with Crippen molar-refractivity contribution < 1.29 is 9.90 Å². The van der Waals surface area contributed by atoms with E-state index < -0.39 is 5.97 Å². The minimum atomic E-state index is -0.742. The van der Waals surface area contributed by atoms with Gasteiger partial charge in [-0.25, -0.2) is 0 Å². The molecule has 1 atom stereocenters. The lowest BCUT2D eigenvalue weighted by Crippen LogP contribution is -1.91. The third-order valence-electron chi connectivity index (χ3n) is 3.40. The summed E-state index contributed by atoms with van der Waals surface area (Å²) in [6, 6.07) is 0. The summed E-state index contributed by atoms with van der Waals surface area (Å²) in [7, 11) is 0. The highest BCUT2D eigenvalue weighted by atomic mass is 16.4. The number of carbonyl (C=O) groups is 1. The first-order chi connectivity index (χ1) is 12.2. The summed E-state index contributed by atoms with van der Waals surface area (Å²) < 4.78 is 0. The topological polar surface area (TPSA) is 37.3 Å². The van der Waals surface area contributed by atoms with Crippen LogP contribution in [0.1, 0.15) is 58.8 Å². The molecule has 25 heavy (non-hydrogen) atoms. The molecular weight excluding hydrogens is 308 g/mol. The van der Waals surface area contributed by atoms with Crippen LogP contribution in [0.2, 0.25) is 0 Å². The minimum absolute atomic E-state index is 0.209. The number of hydrogen-bond acceptors (Lipinski definition) is 1. The molecule has 0 saturated heterocycles. The molecule has 0 rings (SSSR count). The van der Waals surface area contributed by atoms with Gasteiger partial charge < -0.3 is 5.11 Å². The fourth-order valence-corrected chi connectivity index (χ4v) is 2.03. The molecule has 0 saturated carbocycles. The normalized spacial score (nSPS) is 14.3. The number of carboxylic acids is 1. The van der Waals surface area contributed by atoms with Gasteiger partial charge in [0.05, 0.1) is 0 Å². The highest BCUT2D eigenvalue weighted by Gasteiger charge is 1.90. The van der Waals surface area contributed by atoms with Crippen molar-refractivity contribution in [2.45, 2.75) is 58.8 Å². The summed E-state index contributed by atoms with van der Waals surface area (Å²) in [5.74, 6) is -0.259. The van der Waals surface area contributed by atoms with Crippen LogP contribution < -0.4 is 0 Å². The van der Waals surface area contributed by atoms with Crippen molar-refractivity contribution >= 4 is 5.97 Å². The van der Waals surface area contributed by atoms with Gasteiger partial charge in [-0.2, -0.15) is 0 Å². The van der Waals surface area contributed by atoms with E-state index in [1.165, 1.54) is 0 Å². The first-order valence-electron chi connectivity index (χ1n) is 9.31. The van der Waals surface area contributed by atoms with E-state index >= 15 is 0 Å². The molecule has 0 amide bonds. The summed E-state index contributed by atoms with van der Waals surface area (Å²) in [4.78, 5) is 10.3. The van der Waals surface area contributed by atoms with Gasteiger partial charge in [0.2, 0.25) is 0 Å². The van der Waals surface area contributed by atoms with Crippen LogP contribution in [-0.2, 0) is 4.79 Å². The quantitative estimate of drug-likeness (QED) is 0.353. The van der Waals surface area contributed by atoms with Gasteiger partial charge >= 0.3 is 5.97 Å². The average Bonchev–Trinajstić information content (AvgIpc) is 2.58. The molecule has 0 aliphatic carbocycles. The summed E-state index contributed by atoms with van der Waals surface area (Å²) in [6.07, 6.45) is 31.6. The highest BCUT2D eigenvalue weighted by Crippen LogP contribution is 2.03. The molecule has 0 heterocycles. The van der Waals surface area contributed by atoms with Gasteiger partial charge in [0.15, 0.2) is 0 Å². The van der Waals surface area contributed by atoms with Crippen molar-refractivity contribution in [2.24, 2.45) is 5.92 Å². The fourth-order valence-electron chi connectivity index (χ4n) is 2.03. The Morgan fingerprint density at radius 2 is 1.20 bits per heavy atom. The van der Waals surface area contributed by atoms with Gasteiger partial charge in [-0.05, 0) is 44.4 Å². The predicted octanol–water partition coefficient (Wildman–Crippen LogP) is 6.79. The van der Waals surface area contributed by atoms with E-state index in [9.17, 15) is 4.79 Å². The van der Waals surface area contributed by atoms with E-state index in [1.54, 1.807) is 0 Å². The molecule has 0 spiro atoms. The Labute approximate surface area is 154 Å². The average molecular weight is 343 g/mol. The summed E-state index contributed by atoms with van der Waals surface area (Å²) in [5.41, 5.74) is 0. The van der Waals surface area contributed by atoms with E-state index in [0.717, 1.165) is 32.1 Å². The first kappa shape index (κ1) is 22.9.